The van der Waals surface area contributed by atoms with Crippen molar-refractivity contribution in [1.82, 2.24) is 0 Å². The van der Waals surface area contributed by atoms with Crippen LogP contribution in [0.15, 0.2) is 101 Å². The van der Waals surface area contributed by atoms with Crippen molar-refractivity contribution in [2.45, 2.75) is 71.6 Å². The normalized spacial score (nSPS) is 22.7. The van der Waals surface area contributed by atoms with E-state index in [4.69, 9.17) is 0 Å². The predicted molar refractivity (Wildman–Crippen MR) is 156 cm³/mol. The molecule has 2 aromatic rings. The van der Waals surface area contributed by atoms with Crippen LogP contribution in [0.4, 0.5) is 5.69 Å². The number of para-hydroxylation sites is 1. The second-order valence-corrected chi connectivity index (χ2v) is 12.0. The molecule has 0 aromatic heterocycles. The Kier molecular flexibility index (Phi) is 6.23. The first-order valence-corrected chi connectivity index (χ1v) is 13.6. The third kappa shape index (κ3) is 4.03. The fourth-order valence-corrected chi connectivity index (χ4v) is 6.66. The fraction of sp³-hybridized carbons (Fsp3) is 0.371. The Labute approximate surface area is 218 Å². The van der Waals surface area contributed by atoms with Gasteiger partial charge in [-0.2, -0.15) is 0 Å². The van der Waals surface area contributed by atoms with Crippen molar-refractivity contribution in [2.75, 3.05) is 11.9 Å². The Morgan fingerprint density at radius 3 is 2.19 bits per heavy atom. The van der Waals surface area contributed by atoms with Gasteiger partial charge in [0.15, 0.2) is 0 Å². The highest BCUT2D eigenvalue weighted by Crippen LogP contribution is 2.47. The van der Waals surface area contributed by atoms with Crippen molar-refractivity contribution in [1.29, 1.82) is 0 Å². The molecule has 5 rings (SSSR count). The van der Waals surface area contributed by atoms with E-state index >= 15 is 0 Å². The molecule has 0 atom stereocenters. The maximum Gasteiger partial charge on any atom is 0.0447 e. The largest absolute Gasteiger partial charge is 0.347 e. The number of anilines is 1. The molecule has 1 heteroatoms. The molecule has 1 nitrogen and oxygen atoms in total. The summed E-state index contributed by atoms with van der Waals surface area (Å²) in [5.74, 6) is 0.504. The SMILES string of the molecule is CC(C)C1=C(/C=C/C2=Cc3ccccc3C2(C)C)CCC/C1=C\C=C1\N(C)c2ccccc2C1(C)C. The van der Waals surface area contributed by atoms with Gasteiger partial charge in [0.05, 0.1) is 0 Å². The summed E-state index contributed by atoms with van der Waals surface area (Å²) in [5, 5.41) is 0. The lowest BCUT2D eigenvalue weighted by Crippen LogP contribution is -2.22. The fourth-order valence-electron chi connectivity index (χ4n) is 6.66. The van der Waals surface area contributed by atoms with E-state index < -0.39 is 0 Å². The van der Waals surface area contributed by atoms with Gasteiger partial charge in [0.2, 0.25) is 0 Å². The summed E-state index contributed by atoms with van der Waals surface area (Å²) in [6.45, 7) is 14.1. The standard InChI is InChI=1S/C35H41N/c1-24(2)33-25(19-21-28-23-27-13-8-9-16-29(27)34(28,3)4)14-12-15-26(33)20-22-32-35(5,6)30-17-10-11-18-31(30)36(32)7/h8-11,13,16-24H,12,14-15H2,1-7H3/b21-19+,26-20+,32-22+. The molecule has 186 valence electrons. The number of rotatable bonds is 4. The molecule has 1 heterocycles. The third-order valence-electron chi connectivity index (χ3n) is 8.68. The molecule has 2 aliphatic carbocycles. The van der Waals surface area contributed by atoms with Crippen LogP contribution < -0.4 is 4.90 Å². The molecule has 0 amide bonds. The molecule has 0 fully saturated rings. The quantitative estimate of drug-likeness (QED) is 0.426. The van der Waals surface area contributed by atoms with Gasteiger partial charge in [-0.3, -0.25) is 0 Å². The maximum absolute atomic E-state index is 2.43. The summed E-state index contributed by atoms with van der Waals surface area (Å²) < 4.78 is 0. The van der Waals surface area contributed by atoms with Crippen LogP contribution in [0.25, 0.3) is 6.08 Å². The van der Waals surface area contributed by atoms with Crippen LogP contribution >= 0.6 is 0 Å². The number of hydrogen-bond donors (Lipinski definition) is 0. The summed E-state index contributed by atoms with van der Waals surface area (Å²) in [4.78, 5) is 2.38. The second-order valence-electron chi connectivity index (χ2n) is 12.0. The van der Waals surface area contributed by atoms with Crippen LogP contribution in [0.2, 0.25) is 0 Å². The molecule has 0 unspecified atom stereocenters. The number of fused-ring (bicyclic) bond motifs is 2. The van der Waals surface area contributed by atoms with Crippen LogP contribution in [0.3, 0.4) is 0 Å². The average Bonchev–Trinajstić information content (AvgIpc) is 3.22. The first-order chi connectivity index (χ1) is 17.1. The van der Waals surface area contributed by atoms with Gasteiger partial charge >= 0.3 is 0 Å². The van der Waals surface area contributed by atoms with E-state index in [1.54, 1.807) is 5.57 Å². The monoisotopic (exact) mass is 475 g/mol. The van der Waals surface area contributed by atoms with Crippen molar-refractivity contribution in [3.8, 4) is 0 Å². The lowest BCUT2D eigenvalue weighted by molar-refractivity contribution is 0.639. The smallest absolute Gasteiger partial charge is 0.0447 e. The summed E-state index contributed by atoms with van der Waals surface area (Å²) in [6.07, 6.45) is 15.6. The summed E-state index contributed by atoms with van der Waals surface area (Å²) in [7, 11) is 2.21. The molecule has 0 radical (unpaired) electrons. The molecule has 36 heavy (non-hydrogen) atoms. The minimum atomic E-state index is 0.0110. The van der Waals surface area contributed by atoms with Gasteiger partial charge in [-0.25, -0.2) is 0 Å². The van der Waals surface area contributed by atoms with Crippen LogP contribution in [0.5, 0.6) is 0 Å². The molecule has 3 aliphatic rings. The number of likely N-dealkylation sites (N-methyl/N-ethyl adjacent to an activating group) is 1. The Morgan fingerprint density at radius 1 is 0.806 bits per heavy atom. The van der Waals surface area contributed by atoms with Gasteiger partial charge in [0.25, 0.3) is 0 Å². The Balaban J connectivity index is 1.49. The Morgan fingerprint density at radius 2 is 1.50 bits per heavy atom. The van der Waals surface area contributed by atoms with E-state index in [1.165, 1.54) is 51.2 Å². The molecular weight excluding hydrogens is 434 g/mol. The van der Waals surface area contributed by atoms with Crippen molar-refractivity contribution in [2.24, 2.45) is 5.92 Å². The van der Waals surface area contributed by atoms with Gasteiger partial charge in [-0.05, 0) is 76.3 Å². The summed E-state index contributed by atoms with van der Waals surface area (Å²) >= 11 is 0. The molecule has 2 aromatic carbocycles. The molecule has 0 bridgehead atoms. The summed E-state index contributed by atoms with van der Waals surface area (Å²) in [6, 6.07) is 17.7. The minimum absolute atomic E-state index is 0.0110. The first-order valence-electron chi connectivity index (χ1n) is 13.6. The highest BCUT2D eigenvalue weighted by atomic mass is 15.2. The molecule has 0 N–H and O–H groups in total. The third-order valence-corrected chi connectivity index (χ3v) is 8.68. The van der Waals surface area contributed by atoms with E-state index in [1.807, 2.05) is 0 Å². The zero-order chi connectivity index (χ0) is 25.7. The highest BCUT2D eigenvalue weighted by Gasteiger charge is 2.38. The number of nitrogens with zero attached hydrogens (tertiary/aromatic N) is 1. The van der Waals surface area contributed by atoms with Gasteiger partial charge in [0.1, 0.15) is 0 Å². The van der Waals surface area contributed by atoms with Crippen LogP contribution in [-0.2, 0) is 10.8 Å². The van der Waals surface area contributed by atoms with Crippen molar-refractivity contribution < 1.29 is 0 Å². The van der Waals surface area contributed by atoms with E-state index in [-0.39, 0.29) is 10.8 Å². The van der Waals surface area contributed by atoms with E-state index in [0.717, 1.165) is 12.8 Å². The molecular formula is C35H41N. The van der Waals surface area contributed by atoms with Crippen LogP contribution in [0.1, 0.15) is 77.5 Å². The predicted octanol–water partition coefficient (Wildman–Crippen LogP) is 9.29. The van der Waals surface area contributed by atoms with Crippen molar-refractivity contribution in [3.63, 3.8) is 0 Å². The van der Waals surface area contributed by atoms with Gasteiger partial charge in [-0.1, -0.05) is 108 Å². The lowest BCUT2D eigenvalue weighted by atomic mass is 9.78. The number of hydrogen-bond acceptors (Lipinski definition) is 1. The zero-order valence-corrected chi connectivity index (χ0v) is 23.2. The van der Waals surface area contributed by atoms with Gasteiger partial charge in [-0.15, -0.1) is 0 Å². The van der Waals surface area contributed by atoms with E-state index in [9.17, 15) is 0 Å². The van der Waals surface area contributed by atoms with Crippen molar-refractivity contribution in [3.05, 3.63) is 118 Å². The lowest BCUT2D eigenvalue weighted by Gasteiger charge is -2.27. The van der Waals surface area contributed by atoms with Crippen LogP contribution in [0, 0.1) is 5.92 Å². The Hall–Kier alpha value is -3.06. The summed E-state index contributed by atoms with van der Waals surface area (Å²) in [5.41, 5.74) is 12.9. The van der Waals surface area contributed by atoms with Crippen molar-refractivity contribution >= 4 is 11.8 Å². The minimum Gasteiger partial charge on any atom is -0.347 e. The van der Waals surface area contributed by atoms with E-state index in [0.29, 0.717) is 5.92 Å². The topological polar surface area (TPSA) is 3.24 Å². The maximum atomic E-state index is 2.43. The average molecular weight is 476 g/mol. The molecule has 0 spiro atoms. The zero-order valence-electron chi connectivity index (χ0n) is 23.2. The van der Waals surface area contributed by atoms with Gasteiger partial charge < -0.3 is 4.90 Å². The Bertz CT molecular complexity index is 1340. The number of allylic oxidation sites excluding steroid dienone is 9. The number of benzene rings is 2. The van der Waals surface area contributed by atoms with Gasteiger partial charge in [0, 0.05) is 29.3 Å². The molecule has 1 aliphatic heterocycles. The first kappa shape index (κ1) is 24.6. The molecule has 0 saturated carbocycles. The molecule has 0 saturated heterocycles. The second kappa shape index (κ2) is 9.11. The van der Waals surface area contributed by atoms with Crippen LogP contribution in [-0.4, -0.2) is 7.05 Å². The van der Waals surface area contributed by atoms with E-state index in [2.05, 4.69) is 132 Å². The highest BCUT2D eigenvalue weighted by molar-refractivity contribution is 5.72.